The van der Waals surface area contributed by atoms with Crippen molar-refractivity contribution in [1.82, 2.24) is 4.72 Å². The van der Waals surface area contributed by atoms with Crippen LogP contribution in [0.1, 0.15) is 17.3 Å². The molecule has 0 saturated carbocycles. The van der Waals surface area contributed by atoms with Gasteiger partial charge in [-0.15, -0.1) is 0 Å². The maximum absolute atomic E-state index is 11.8. The van der Waals surface area contributed by atoms with Crippen LogP contribution in [-0.2, 0) is 24.3 Å². The Hall–Kier alpha value is -1.93. The summed E-state index contributed by atoms with van der Waals surface area (Å²) < 4.78 is 34.7. The molecule has 1 rings (SSSR count). The van der Waals surface area contributed by atoms with E-state index in [2.05, 4.69) is 9.46 Å². The molecule has 0 spiro atoms. The van der Waals surface area contributed by atoms with Crippen LogP contribution in [0.2, 0.25) is 0 Å². The van der Waals surface area contributed by atoms with Crippen molar-refractivity contribution in [2.24, 2.45) is 0 Å². The summed E-state index contributed by atoms with van der Waals surface area (Å²) in [5.41, 5.74) is 0.0251. The number of benzene rings is 1. The van der Waals surface area contributed by atoms with Crippen LogP contribution in [0.4, 0.5) is 0 Å². The van der Waals surface area contributed by atoms with Gasteiger partial charge in [-0.1, -0.05) is 6.07 Å². The third kappa shape index (κ3) is 3.78. The fraction of sp³-hybridized carbons (Fsp3) is 0.333. The summed E-state index contributed by atoms with van der Waals surface area (Å²) in [6, 6.07) is 5.30. The van der Waals surface area contributed by atoms with Crippen molar-refractivity contribution in [2.75, 3.05) is 14.2 Å². The predicted octanol–water partition coefficient (Wildman–Crippen LogP) is 0.313. The van der Waals surface area contributed by atoms with Crippen molar-refractivity contribution < 1.29 is 27.5 Å². The van der Waals surface area contributed by atoms with Gasteiger partial charge in [0.2, 0.25) is 10.0 Å². The van der Waals surface area contributed by atoms with E-state index >= 15 is 0 Å². The molecular formula is C12H15NO6S. The number of methoxy groups -OCH3 is 1. The largest absolute Gasteiger partial charge is 0.466 e. The Labute approximate surface area is 116 Å². The van der Waals surface area contributed by atoms with Gasteiger partial charge in [0.05, 0.1) is 17.6 Å². The average molecular weight is 301 g/mol. The zero-order valence-electron chi connectivity index (χ0n) is 11.2. The Morgan fingerprint density at radius 2 is 1.95 bits per heavy atom. The molecule has 1 aromatic rings. The van der Waals surface area contributed by atoms with E-state index in [4.69, 9.17) is 4.74 Å². The van der Waals surface area contributed by atoms with Crippen molar-refractivity contribution in [1.29, 1.82) is 0 Å². The first kappa shape index (κ1) is 16.1. The molecule has 1 atom stereocenters. The summed E-state index contributed by atoms with van der Waals surface area (Å²) in [6.45, 7) is 1.36. The van der Waals surface area contributed by atoms with E-state index in [1.54, 1.807) is 0 Å². The third-order valence-electron chi connectivity index (χ3n) is 2.47. The van der Waals surface area contributed by atoms with Crippen LogP contribution in [-0.4, -0.2) is 40.6 Å². The number of hydrogen-bond donors (Lipinski definition) is 1. The molecule has 7 nitrogen and oxygen atoms in total. The minimum Gasteiger partial charge on any atom is -0.466 e. The second-order valence-electron chi connectivity index (χ2n) is 3.81. The summed E-state index contributed by atoms with van der Waals surface area (Å²) in [7, 11) is -1.22. The summed E-state index contributed by atoms with van der Waals surface area (Å²) >= 11 is 0. The molecule has 0 bridgehead atoms. The molecule has 0 heterocycles. The normalized spacial score (nSPS) is 12.6. The van der Waals surface area contributed by atoms with Gasteiger partial charge >= 0.3 is 11.9 Å². The standard InChI is InChI=1S/C12H15NO6S/c1-8(11(14)18-3)19-12(15)9-5-4-6-10(7-9)20(16,17)13-2/h4-8,13H,1-3H3. The molecule has 1 aromatic carbocycles. The fourth-order valence-electron chi connectivity index (χ4n) is 1.35. The summed E-state index contributed by atoms with van der Waals surface area (Å²) in [5, 5.41) is 0. The van der Waals surface area contributed by atoms with Gasteiger partial charge in [0.25, 0.3) is 0 Å². The first-order chi connectivity index (χ1) is 9.31. The molecule has 8 heteroatoms. The molecule has 1 N–H and O–H groups in total. The lowest BCUT2D eigenvalue weighted by Gasteiger charge is -2.11. The fourth-order valence-corrected chi connectivity index (χ4v) is 2.13. The van der Waals surface area contributed by atoms with Gasteiger partial charge in [-0.05, 0) is 32.2 Å². The van der Waals surface area contributed by atoms with Crippen LogP contribution in [0.25, 0.3) is 0 Å². The first-order valence-corrected chi connectivity index (χ1v) is 7.12. The molecule has 0 aromatic heterocycles. The number of carbonyl (C=O) groups is 2. The molecular weight excluding hydrogens is 286 g/mol. The minimum atomic E-state index is -3.65. The minimum absolute atomic E-state index is 0.0251. The average Bonchev–Trinajstić information content (AvgIpc) is 2.46. The highest BCUT2D eigenvalue weighted by molar-refractivity contribution is 7.89. The second kappa shape index (κ2) is 6.49. The summed E-state index contributed by atoms with van der Waals surface area (Å²) in [5.74, 6) is -1.51. The molecule has 20 heavy (non-hydrogen) atoms. The topological polar surface area (TPSA) is 98.8 Å². The quantitative estimate of drug-likeness (QED) is 0.786. The van der Waals surface area contributed by atoms with Crippen LogP contribution in [0.3, 0.4) is 0 Å². The first-order valence-electron chi connectivity index (χ1n) is 5.64. The zero-order chi connectivity index (χ0) is 15.3. The monoisotopic (exact) mass is 301 g/mol. The summed E-state index contributed by atoms with van der Waals surface area (Å²) in [4.78, 5) is 22.9. The lowest BCUT2D eigenvalue weighted by atomic mass is 10.2. The lowest BCUT2D eigenvalue weighted by molar-refractivity contribution is -0.149. The van der Waals surface area contributed by atoms with Crippen molar-refractivity contribution in [3.8, 4) is 0 Å². The number of carbonyl (C=O) groups excluding carboxylic acids is 2. The Morgan fingerprint density at radius 1 is 1.30 bits per heavy atom. The SMILES string of the molecule is CNS(=O)(=O)c1cccc(C(=O)OC(C)C(=O)OC)c1. The Morgan fingerprint density at radius 3 is 2.50 bits per heavy atom. The van der Waals surface area contributed by atoms with E-state index in [1.165, 1.54) is 39.3 Å². The number of ether oxygens (including phenoxy) is 2. The van der Waals surface area contributed by atoms with Crippen molar-refractivity contribution in [2.45, 2.75) is 17.9 Å². The number of esters is 2. The molecule has 0 aliphatic rings. The third-order valence-corrected chi connectivity index (χ3v) is 3.88. The molecule has 110 valence electrons. The van der Waals surface area contributed by atoms with E-state index in [0.717, 1.165) is 6.07 Å². The zero-order valence-corrected chi connectivity index (χ0v) is 12.1. The highest BCUT2D eigenvalue weighted by atomic mass is 32.2. The van der Waals surface area contributed by atoms with E-state index in [-0.39, 0.29) is 10.5 Å². The Kier molecular flexibility index (Phi) is 5.23. The molecule has 1 unspecified atom stereocenters. The van der Waals surface area contributed by atoms with Crippen LogP contribution in [0.15, 0.2) is 29.2 Å². The molecule has 0 radical (unpaired) electrons. The van der Waals surface area contributed by atoms with Gasteiger partial charge in [-0.3, -0.25) is 0 Å². The van der Waals surface area contributed by atoms with Gasteiger partial charge in [0, 0.05) is 0 Å². The van der Waals surface area contributed by atoms with Gasteiger partial charge < -0.3 is 9.47 Å². The van der Waals surface area contributed by atoms with Gasteiger partial charge in [0.1, 0.15) is 0 Å². The van der Waals surface area contributed by atoms with Crippen molar-refractivity contribution in [3.63, 3.8) is 0 Å². The predicted molar refractivity (Wildman–Crippen MR) is 69.6 cm³/mol. The van der Waals surface area contributed by atoms with Crippen LogP contribution >= 0.6 is 0 Å². The van der Waals surface area contributed by atoms with E-state index in [9.17, 15) is 18.0 Å². The van der Waals surface area contributed by atoms with E-state index < -0.39 is 28.1 Å². The second-order valence-corrected chi connectivity index (χ2v) is 5.69. The maximum Gasteiger partial charge on any atom is 0.346 e. The summed E-state index contributed by atoms with van der Waals surface area (Å²) in [6.07, 6.45) is -1.07. The van der Waals surface area contributed by atoms with E-state index in [1.807, 2.05) is 0 Å². The van der Waals surface area contributed by atoms with Gasteiger partial charge in [0.15, 0.2) is 6.10 Å². The number of nitrogens with one attached hydrogen (secondary N) is 1. The Bertz CT molecular complexity index is 610. The number of sulfonamides is 1. The Balaban J connectivity index is 2.96. The lowest BCUT2D eigenvalue weighted by Crippen LogP contribution is -2.25. The van der Waals surface area contributed by atoms with Crippen LogP contribution < -0.4 is 4.72 Å². The molecule has 0 aliphatic heterocycles. The van der Waals surface area contributed by atoms with E-state index in [0.29, 0.717) is 0 Å². The van der Waals surface area contributed by atoms with Crippen molar-refractivity contribution in [3.05, 3.63) is 29.8 Å². The molecule has 0 amide bonds. The smallest absolute Gasteiger partial charge is 0.346 e. The van der Waals surface area contributed by atoms with Gasteiger partial charge in [-0.25, -0.2) is 22.7 Å². The molecule has 0 aliphatic carbocycles. The highest BCUT2D eigenvalue weighted by Crippen LogP contribution is 2.13. The molecule has 0 fully saturated rings. The highest BCUT2D eigenvalue weighted by Gasteiger charge is 2.20. The molecule has 0 saturated heterocycles. The van der Waals surface area contributed by atoms with Crippen molar-refractivity contribution >= 4 is 22.0 Å². The van der Waals surface area contributed by atoms with Crippen LogP contribution in [0.5, 0.6) is 0 Å². The van der Waals surface area contributed by atoms with Gasteiger partial charge in [-0.2, -0.15) is 0 Å². The number of hydrogen-bond acceptors (Lipinski definition) is 6. The maximum atomic E-state index is 11.8. The van der Waals surface area contributed by atoms with Crippen LogP contribution in [0, 0.1) is 0 Å². The number of rotatable bonds is 5.